The van der Waals surface area contributed by atoms with E-state index in [9.17, 15) is 9.18 Å². The summed E-state index contributed by atoms with van der Waals surface area (Å²) in [6.07, 6.45) is 0.0687. The summed E-state index contributed by atoms with van der Waals surface area (Å²) in [5.41, 5.74) is 4.15. The smallest absolute Gasteiger partial charge is 0.304 e. The van der Waals surface area contributed by atoms with Crippen LogP contribution in [0.2, 0.25) is 0 Å². The predicted octanol–water partition coefficient (Wildman–Crippen LogP) is 4.87. The molecular formula is C23H19FN2O3. The molecular weight excluding hydrogens is 371 g/mol. The standard InChI is InChI=1S/C23H19FN2O3/c24-19-13-17(7-8-18(19)16-4-2-1-3-5-16)23-26-20-9-6-15(12-21(20)29-23)14-25-11-10-22(27)28/h1-9,12-13,25H,10-11,14H2,(H,27,28). The Hall–Kier alpha value is -3.51. The highest BCUT2D eigenvalue weighted by Gasteiger charge is 2.12. The Kier molecular flexibility index (Phi) is 5.35. The summed E-state index contributed by atoms with van der Waals surface area (Å²) in [6, 6.07) is 19.9. The molecule has 1 heterocycles. The number of nitrogens with one attached hydrogen (secondary N) is 1. The van der Waals surface area contributed by atoms with Crippen molar-refractivity contribution in [1.29, 1.82) is 0 Å². The van der Waals surface area contributed by atoms with Gasteiger partial charge in [0.1, 0.15) is 11.3 Å². The lowest BCUT2D eigenvalue weighted by atomic mass is 10.0. The van der Waals surface area contributed by atoms with Gasteiger partial charge in [-0.1, -0.05) is 42.5 Å². The molecule has 2 N–H and O–H groups in total. The summed E-state index contributed by atoms with van der Waals surface area (Å²) >= 11 is 0. The van der Waals surface area contributed by atoms with Crippen LogP contribution in [0.3, 0.4) is 0 Å². The van der Waals surface area contributed by atoms with Gasteiger partial charge in [-0.3, -0.25) is 4.79 Å². The van der Waals surface area contributed by atoms with Crippen molar-refractivity contribution in [3.63, 3.8) is 0 Å². The van der Waals surface area contributed by atoms with Crippen LogP contribution in [0.1, 0.15) is 12.0 Å². The van der Waals surface area contributed by atoms with Crippen LogP contribution in [-0.4, -0.2) is 22.6 Å². The Morgan fingerprint density at radius 2 is 1.86 bits per heavy atom. The molecule has 0 saturated heterocycles. The molecule has 4 aromatic rings. The lowest BCUT2D eigenvalue weighted by Crippen LogP contribution is -2.17. The summed E-state index contributed by atoms with van der Waals surface area (Å²) in [7, 11) is 0. The lowest BCUT2D eigenvalue weighted by molar-refractivity contribution is -0.136. The summed E-state index contributed by atoms with van der Waals surface area (Å²) in [6.45, 7) is 0.918. The molecule has 0 radical (unpaired) electrons. The Bertz CT molecular complexity index is 1160. The lowest BCUT2D eigenvalue weighted by Gasteiger charge is -2.04. The van der Waals surface area contributed by atoms with Crippen molar-refractivity contribution in [2.45, 2.75) is 13.0 Å². The molecule has 4 rings (SSSR count). The molecule has 0 fully saturated rings. The molecule has 5 nitrogen and oxygen atoms in total. The second kappa shape index (κ2) is 8.24. The minimum absolute atomic E-state index is 0.0687. The fourth-order valence-corrected chi connectivity index (χ4v) is 3.13. The number of oxazole rings is 1. The van der Waals surface area contributed by atoms with E-state index in [4.69, 9.17) is 9.52 Å². The van der Waals surface area contributed by atoms with Crippen molar-refractivity contribution in [3.8, 4) is 22.6 Å². The maximum Gasteiger partial charge on any atom is 0.304 e. The summed E-state index contributed by atoms with van der Waals surface area (Å²) in [5.74, 6) is -0.813. The van der Waals surface area contributed by atoms with Gasteiger partial charge in [-0.05, 0) is 35.4 Å². The average Bonchev–Trinajstić information content (AvgIpc) is 3.15. The van der Waals surface area contributed by atoms with Gasteiger partial charge in [0.05, 0.1) is 6.42 Å². The fourth-order valence-electron chi connectivity index (χ4n) is 3.13. The first-order chi connectivity index (χ1) is 14.1. The maximum absolute atomic E-state index is 14.7. The van der Waals surface area contributed by atoms with E-state index in [1.165, 1.54) is 6.07 Å². The van der Waals surface area contributed by atoms with Gasteiger partial charge in [0.2, 0.25) is 5.89 Å². The van der Waals surface area contributed by atoms with E-state index in [-0.39, 0.29) is 12.2 Å². The van der Waals surface area contributed by atoms with E-state index < -0.39 is 5.97 Å². The zero-order valence-electron chi connectivity index (χ0n) is 15.6. The summed E-state index contributed by atoms with van der Waals surface area (Å²) < 4.78 is 20.5. The first-order valence-electron chi connectivity index (χ1n) is 9.27. The molecule has 0 aliphatic rings. The quantitative estimate of drug-likeness (QED) is 0.441. The van der Waals surface area contributed by atoms with Crippen molar-refractivity contribution < 1.29 is 18.7 Å². The van der Waals surface area contributed by atoms with Gasteiger partial charge in [-0.25, -0.2) is 9.37 Å². The van der Waals surface area contributed by atoms with Gasteiger partial charge in [0.15, 0.2) is 5.58 Å². The van der Waals surface area contributed by atoms with Crippen LogP contribution in [0.4, 0.5) is 4.39 Å². The maximum atomic E-state index is 14.7. The Labute approximate surface area is 166 Å². The number of halogens is 1. The molecule has 146 valence electrons. The third-order valence-corrected chi connectivity index (χ3v) is 4.60. The molecule has 0 aliphatic carbocycles. The van der Waals surface area contributed by atoms with Crippen molar-refractivity contribution in [2.24, 2.45) is 0 Å². The number of carboxylic acid groups (broad SMARTS) is 1. The van der Waals surface area contributed by atoms with E-state index >= 15 is 0 Å². The van der Waals surface area contributed by atoms with E-state index in [0.717, 1.165) is 11.1 Å². The third kappa shape index (κ3) is 4.33. The third-order valence-electron chi connectivity index (χ3n) is 4.60. The Morgan fingerprint density at radius 3 is 2.62 bits per heavy atom. The molecule has 0 aliphatic heterocycles. The zero-order valence-corrected chi connectivity index (χ0v) is 15.6. The van der Waals surface area contributed by atoms with Crippen LogP contribution in [0.5, 0.6) is 0 Å². The van der Waals surface area contributed by atoms with Crippen LogP contribution in [-0.2, 0) is 11.3 Å². The van der Waals surface area contributed by atoms with Gasteiger partial charge < -0.3 is 14.8 Å². The molecule has 0 unspecified atom stereocenters. The number of aromatic nitrogens is 1. The highest BCUT2D eigenvalue weighted by Crippen LogP contribution is 2.29. The predicted molar refractivity (Wildman–Crippen MR) is 109 cm³/mol. The molecule has 29 heavy (non-hydrogen) atoms. The summed E-state index contributed by atoms with van der Waals surface area (Å²) in [4.78, 5) is 15.0. The molecule has 1 aromatic heterocycles. The van der Waals surface area contributed by atoms with E-state index in [2.05, 4.69) is 10.3 Å². The number of nitrogens with zero attached hydrogens (tertiary/aromatic N) is 1. The van der Waals surface area contributed by atoms with Crippen LogP contribution < -0.4 is 5.32 Å². The molecule has 0 bridgehead atoms. The SMILES string of the molecule is O=C(O)CCNCc1ccc2nc(-c3ccc(-c4ccccc4)c(F)c3)oc2c1. The fraction of sp³-hybridized carbons (Fsp3) is 0.130. The van der Waals surface area contributed by atoms with Gasteiger partial charge in [-0.15, -0.1) is 0 Å². The monoisotopic (exact) mass is 390 g/mol. The van der Waals surface area contributed by atoms with Crippen LogP contribution in [0.15, 0.2) is 71.1 Å². The first kappa shape index (κ1) is 18.8. The number of carboxylic acids is 1. The zero-order chi connectivity index (χ0) is 20.2. The van der Waals surface area contributed by atoms with Gasteiger partial charge in [-0.2, -0.15) is 0 Å². The highest BCUT2D eigenvalue weighted by atomic mass is 19.1. The minimum Gasteiger partial charge on any atom is -0.481 e. The van der Waals surface area contributed by atoms with Crippen LogP contribution >= 0.6 is 0 Å². The number of aliphatic carboxylic acids is 1. The molecule has 3 aromatic carbocycles. The Morgan fingerprint density at radius 1 is 1.03 bits per heavy atom. The van der Waals surface area contributed by atoms with Crippen molar-refractivity contribution >= 4 is 17.1 Å². The second-order valence-corrected chi connectivity index (χ2v) is 6.70. The molecule has 0 amide bonds. The minimum atomic E-state index is -0.835. The second-order valence-electron chi connectivity index (χ2n) is 6.70. The van der Waals surface area contributed by atoms with Gasteiger partial charge in [0.25, 0.3) is 0 Å². The average molecular weight is 390 g/mol. The Balaban J connectivity index is 1.55. The normalized spacial score (nSPS) is 11.1. The highest BCUT2D eigenvalue weighted by molar-refractivity contribution is 5.77. The molecule has 0 spiro atoms. The number of benzene rings is 3. The molecule has 6 heteroatoms. The van der Waals surface area contributed by atoms with E-state index in [1.807, 2.05) is 48.5 Å². The van der Waals surface area contributed by atoms with Crippen molar-refractivity contribution in [3.05, 3.63) is 78.1 Å². The topological polar surface area (TPSA) is 75.4 Å². The van der Waals surface area contributed by atoms with Crippen molar-refractivity contribution in [1.82, 2.24) is 10.3 Å². The van der Waals surface area contributed by atoms with Gasteiger partial charge in [0, 0.05) is 24.2 Å². The number of hydrogen-bond donors (Lipinski definition) is 2. The number of hydrogen-bond acceptors (Lipinski definition) is 4. The first-order valence-corrected chi connectivity index (χ1v) is 9.27. The van der Waals surface area contributed by atoms with Gasteiger partial charge >= 0.3 is 5.97 Å². The molecule has 0 saturated carbocycles. The number of rotatable bonds is 7. The van der Waals surface area contributed by atoms with Crippen LogP contribution in [0, 0.1) is 5.82 Å². The number of carbonyl (C=O) groups is 1. The molecule has 0 atom stereocenters. The van der Waals surface area contributed by atoms with Crippen molar-refractivity contribution in [2.75, 3.05) is 6.54 Å². The largest absolute Gasteiger partial charge is 0.481 e. The summed E-state index contributed by atoms with van der Waals surface area (Å²) in [5, 5.41) is 11.7. The van der Waals surface area contributed by atoms with Crippen LogP contribution in [0.25, 0.3) is 33.7 Å². The number of fused-ring (bicyclic) bond motifs is 1. The van der Waals surface area contributed by atoms with E-state index in [0.29, 0.717) is 41.2 Å². The van der Waals surface area contributed by atoms with E-state index in [1.54, 1.807) is 12.1 Å².